The summed E-state index contributed by atoms with van der Waals surface area (Å²) in [5.74, 6) is 1.50. The van der Waals surface area contributed by atoms with E-state index in [1.807, 2.05) is 55.5 Å². The molecule has 0 aliphatic heterocycles. The van der Waals surface area contributed by atoms with Gasteiger partial charge in [-0.15, -0.1) is 5.10 Å². The van der Waals surface area contributed by atoms with Crippen LogP contribution in [0.1, 0.15) is 17.0 Å². The summed E-state index contributed by atoms with van der Waals surface area (Å²) >= 11 is 3.43. The number of nitrogens with zero attached hydrogens (tertiary/aromatic N) is 3. The lowest BCUT2D eigenvalue weighted by Crippen LogP contribution is -2.06. The molecule has 0 atom stereocenters. The summed E-state index contributed by atoms with van der Waals surface area (Å²) in [5.41, 5.74) is 3.48. The van der Waals surface area contributed by atoms with Crippen LogP contribution >= 0.6 is 15.9 Å². The number of imidazole rings is 1. The third-order valence-electron chi connectivity index (χ3n) is 4.16. The molecule has 0 bridgehead atoms. The van der Waals surface area contributed by atoms with E-state index in [-0.39, 0.29) is 5.78 Å². The Balaban J connectivity index is 1.46. The van der Waals surface area contributed by atoms with Crippen LogP contribution < -0.4 is 0 Å². The molecule has 0 saturated carbocycles. The second-order valence-corrected chi connectivity index (χ2v) is 7.10. The minimum absolute atomic E-state index is 0.183. The maximum absolute atomic E-state index is 12.3. The number of rotatable bonds is 5. The van der Waals surface area contributed by atoms with Crippen LogP contribution in [0.15, 0.2) is 63.6 Å². The Labute approximate surface area is 158 Å². The average Bonchev–Trinajstić information content (AvgIpc) is 3.18. The third kappa shape index (κ3) is 3.46. The first-order valence-corrected chi connectivity index (χ1v) is 9.04. The van der Waals surface area contributed by atoms with Gasteiger partial charge in [0, 0.05) is 22.9 Å². The topological polar surface area (TPSA) is 60.4 Å². The van der Waals surface area contributed by atoms with E-state index in [2.05, 4.69) is 26.0 Å². The van der Waals surface area contributed by atoms with Gasteiger partial charge in [-0.25, -0.2) is 4.98 Å². The Morgan fingerprint density at radius 1 is 1.12 bits per heavy atom. The van der Waals surface area contributed by atoms with Crippen LogP contribution in [0.25, 0.3) is 17.2 Å². The maximum Gasteiger partial charge on any atom is 0.246 e. The SMILES string of the molecule is Cc1ncc2oc(-c3ccc(CC(=O)Cc4cccc(Br)c4)cc3)nn12. The molecule has 0 amide bonds. The normalized spacial score (nSPS) is 11.2. The van der Waals surface area contributed by atoms with E-state index in [0.29, 0.717) is 24.4 Å². The van der Waals surface area contributed by atoms with Gasteiger partial charge in [0.15, 0.2) is 0 Å². The van der Waals surface area contributed by atoms with Crippen molar-refractivity contribution in [2.24, 2.45) is 0 Å². The van der Waals surface area contributed by atoms with E-state index in [9.17, 15) is 4.79 Å². The fraction of sp³-hybridized carbons (Fsp3) is 0.150. The van der Waals surface area contributed by atoms with Crippen LogP contribution in [0.4, 0.5) is 0 Å². The molecular formula is C20H16BrN3O2. The summed E-state index contributed by atoms with van der Waals surface area (Å²) in [5, 5.41) is 4.41. The van der Waals surface area contributed by atoms with Gasteiger partial charge in [0.05, 0.1) is 6.20 Å². The van der Waals surface area contributed by atoms with Crippen molar-refractivity contribution in [2.75, 3.05) is 0 Å². The number of Topliss-reactive ketones (excluding diaryl/α,β-unsaturated/α-hetero) is 1. The Bertz CT molecular complexity index is 1080. The van der Waals surface area contributed by atoms with Crippen molar-refractivity contribution in [3.8, 4) is 11.5 Å². The van der Waals surface area contributed by atoms with E-state index >= 15 is 0 Å². The smallest absolute Gasteiger partial charge is 0.246 e. The van der Waals surface area contributed by atoms with Gasteiger partial charge in [-0.05, 0) is 42.3 Å². The number of aryl methyl sites for hydroxylation is 1. The molecule has 4 rings (SSSR count). The summed E-state index contributed by atoms with van der Waals surface area (Å²) < 4.78 is 8.36. The van der Waals surface area contributed by atoms with Crippen LogP contribution in [0.2, 0.25) is 0 Å². The standard InChI is InChI=1S/C20H16BrN3O2/c1-13-22-12-19-24(13)23-20(26-19)16-7-5-14(6-8-16)10-18(25)11-15-3-2-4-17(21)9-15/h2-9,12H,10-11H2,1H3. The highest BCUT2D eigenvalue weighted by molar-refractivity contribution is 9.10. The molecular weight excluding hydrogens is 394 g/mol. The van der Waals surface area contributed by atoms with Gasteiger partial charge in [0.1, 0.15) is 11.6 Å². The van der Waals surface area contributed by atoms with Gasteiger partial charge in [0.2, 0.25) is 11.6 Å². The number of carbonyl (C=O) groups excluding carboxylic acids is 1. The Hall–Kier alpha value is -2.73. The zero-order valence-electron chi connectivity index (χ0n) is 14.1. The van der Waals surface area contributed by atoms with Crippen molar-refractivity contribution in [1.82, 2.24) is 14.6 Å². The predicted octanol–water partition coefficient (Wildman–Crippen LogP) is 4.41. The van der Waals surface area contributed by atoms with E-state index in [0.717, 1.165) is 27.0 Å². The van der Waals surface area contributed by atoms with E-state index in [1.165, 1.54) is 0 Å². The Morgan fingerprint density at radius 2 is 1.88 bits per heavy atom. The molecule has 0 saturated heterocycles. The van der Waals surface area contributed by atoms with Gasteiger partial charge >= 0.3 is 0 Å². The molecule has 2 heterocycles. The summed E-state index contributed by atoms with van der Waals surface area (Å²) in [6.45, 7) is 1.87. The molecule has 0 aliphatic rings. The highest BCUT2D eigenvalue weighted by atomic mass is 79.9. The number of halogens is 1. The number of carbonyl (C=O) groups is 1. The molecule has 2 aromatic heterocycles. The lowest BCUT2D eigenvalue weighted by Gasteiger charge is -2.03. The molecule has 0 N–H and O–H groups in total. The molecule has 4 aromatic rings. The fourth-order valence-electron chi connectivity index (χ4n) is 2.87. The summed E-state index contributed by atoms with van der Waals surface area (Å²) in [4.78, 5) is 16.5. The maximum atomic E-state index is 12.3. The molecule has 130 valence electrons. The lowest BCUT2D eigenvalue weighted by molar-refractivity contribution is -0.117. The molecule has 0 fully saturated rings. The van der Waals surface area contributed by atoms with E-state index in [4.69, 9.17) is 4.42 Å². The van der Waals surface area contributed by atoms with Crippen LogP contribution in [-0.4, -0.2) is 20.4 Å². The van der Waals surface area contributed by atoms with Crippen molar-refractivity contribution in [2.45, 2.75) is 19.8 Å². The highest BCUT2D eigenvalue weighted by Gasteiger charge is 2.11. The molecule has 6 heteroatoms. The first-order chi connectivity index (χ1) is 12.6. The number of ketones is 1. The Kier molecular flexibility index (Phi) is 4.42. The first kappa shape index (κ1) is 16.7. The van der Waals surface area contributed by atoms with Crippen LogP contribution in [0.3, 0.4) is 0 Å². The summed E-state index contributed by atoms with van der Waals surface area (Å²) in [6.07, 6.45) is 2.49. The zero-order chi connectivity index (χ0) is 18.1. The summed E-state index contributed by atoms with van der Waals surface area (Å²) in [7, 11) is 0. The highest BCUT2D eigenvalue weighted by Crippen LogP contribution is 2.21. The minimum Gasteiger partial charge on any atom is -0.417 e. The number of benzene rings is 2. The van der Waals surface area contributed by atoms with Crippen molar-refractivity contribution in [3.05, 3.63) is 76.2 Å². The number of fused-ring (bicyclic) bond motifs is 1. The number of aromatic nitrogens is 3. The zero-order valence-corrected chi connectivity index (χ0v) is 15.7. The molecule has 2 aromatic carbocycles. The first-order valence-electron chi connectivity index (χ1n) is 8.25. The van der Waals surface area contributed by atoms with Crippen LogP contribution in [-0.2, 0) is 17.6 Å². The molecule has 0 unspecified atom stereocenters. The van der Waals surface area contributed by atoms with Gasteiger partial charge < -0.3 is 4.42 Å². The average molecular weight is 410 g/mol. The molecule has 26 heavy (non-hydrogen) atoms. The van der Waals surface area contributed by atoms with Gasteiger partial charge in [0.25, 0.3) is 0 Å². The third-order valence-corrected chi connectivity index (χ3v) is 4.65. The quantitative estimate of drug-likeness (QED) is 0.489. The van der Waals surface area contributed by atoms with Crippen molar-refractivity contribution >= 4 is 27.4 Å². The largest absolute Gasteiger partial charge is 0.417 e. The van der Waals surface area contributed by atoms with E-state index in [1.54, 1.807) is 10.7 Å². The number of hydrogen-bond donors (Lipinski definition) is 0. The fourth-order valence-corrected chi connectivity index (χ4v) is 3.31. The summed E-state index contributed by atoms with van der Waals surface area (Å²) in [6, 6.07) is 15.6. The van der Waals surface area contributed by atoms with Gasteiger partial charge in [-0.1, -0.05) is 40.2 Å². The predicted molar refractivity (Wildman–Crippen MR) is 102 cm³/mol. The molecule has 5 nitrogen and oxygen atoms in total. The second kappa shape index (κ2) is 6.88. The second-order valence-electron chi connectivity index (χ2n) is 6.18. The Morgan fingerprint density at radius 3 is 2.62 bits per heavy atom. The van der Waals surface area contributed by atoms with Crippen molar-refractivity contribution < 1.29 is 9.21 Å². The van der Waals surface area contributed by atoms with E-state index < -0.39 is 0 Å². The van der Waals surface area contributed by atoms with Gasteiger partial charge in [-0.3, -0.25) is 4.79 Å². The number of hydrogen-bond acceptors (Lipinski definition) is 4. The lowest BCUT2D eigenvalue weighted by atomic mass is 10.0. The van der Waals surface area contributed by atoms with Crippen molar-refractivity contribution in [1.29, 1.82) is 0 Å². The molecule has 0 aliphatic carbocycles. The molecule has 0 spiro atoms. The van der Waals surface area contributed by atoms with Crippen LogP contribution in [0, 0.1) is 6.92 Å². The monoisotopic (exact) mass is 409 g/mol. The van der Waals surface area contributed by atoms with Gasteiger partial charge in [-0.2, -0.15) is 4.52 Å². The minimum atomic E-state index is 0.183. The van der Waals surface area contributed by atoms with Crippen LogP contribution in [0.5, 0.6) is 0 Å². The van der Waals surface area contributed by atoms with Crippen molar-refractivity contribution in [3.63, 3.8) is 0 Å². The molecule has 0 radical (unpaired) electrons.